The Morgan fingerprint density at radius 3 is 2.89 bits per heavy atom. The summed E-state index contributed by atoms with van der Waals surface area (Å²) in [6.07, 6.45) is 1.30. The molecule has 0 amide bonds. The highest BCUT2D eigenvalue weighted by Crippen LogP contribution is 2.41. The third kappa shape index (κ3) is 2.67. The second-order valence-electron chi connectivity index (χ2n) is 4.03. The first-order valence-corrected chi connectivity index (χ1v) is 5.89. The van der Waals surface area contributed by atoms with Crippen LogP contribution >= 0.6 is 0 Å². The molecule has 1 N–H and O–H groups in total. The fraction of sp³-hybridized carbons (Fsp3) is 0.462. The van der Waals surface area contributed by atoms with Crippen molar-refractivity contribution < 1.29 is 24.1 Å². The fourth-order valence-corrected chi connectivity index (χ4v) is 1.91. The summed E-state index contributed by atoms with van der Waals surface area (Å²) in [6, 6.07) is 3.63. The Labute approximate surface area is 105 Å². The van der Waals surface area contributed by atoms with Gasteiger partial charge in [0, 0.05) is 12.8 Å². The topological polar surface area (TPSA) is 65.0 Å². The largest absolute Gasteiger partial charge is 0.492 e. The summed E-state index contributed by atoms with van der Waals surface area (Å²) in [5.41, 5.74) is 0.823. The number of aryl methyl sites for hydroxylation is 1. The number of carboxylic acids is 1. The molecule has 98 valence electrons. The monoisotopic (exact) mass is 252 g/mol. The van der Waals surface area contributed by atoms with Gasteiger partial charge in [0.25, 0.3) is 0 Å². The van der Waals surface area contributed by atoms with Crippen LogP contribution in [0.4, 0.5) is 0 Å². The second-order valence-corrected chi connectivity index (χ2v) is 4.03. The van der Waals surface area contributed by atoms with E-state index in [-0.39, 0.29) is 6.42 Å². The van der Waals surface area contributed by atoms with E-state index >= 15 is 0 Å². The van der Waals surface area contributed by atoms with E-state index < -0.39 is 5.97 Å². The fourth-order valence-electron chi connectivity index (χ4n) is 1.91. The molecule has 0 saturated carbocycles. The summed E-state index contributed by atoms with van der Waals surface area (Å²) in [6.45, 7) is 1.19. The van der Waals surface area contributed by atoms with Crippen molar-refractivity contribution in [1.29, 1.82) is 0 Å². The molecule has 0 radical (unpaired) electrons. The van der Waals surface area contributed by atoms with E-state index in [1.165, 1.54) is 0 Å². The predicted molar refractivity (Wildman–Crippen MR) is 64.6 cm³/mol. The van der Waals surface area contributed by atoms with Gasteiger partial charge in [-0.2, -0.15) is 0 Å². The van der Waals surface area contributed by atoms with Crippen LogP contribution in [0.5, 0.6) is 17.2 Å². The van der Waals surface area contributed by atoms with E-state index in [1.54, 1.807) is 13.2 Å². The predicted octanol–water partition coefficient (Wildman–Crippen LogP) is 1.87. The molecule has 18 heavy (non-hydrogen) atoms. The van der Waals surface area contributed by atoms with Gasteiger partial charge in [0.1, 0.15) is 0 Å². The zero-order valence-electron chi connectivity index (χ0n) is 10.3. The van der Waals surface area contributed by atoms with Crippen LogP contribution in [0.3, 0.4) is 0 Å². The Bertz CT molecular complexity index is 441. The van der Waals surface area contributed by atoms with Crippen molar-refractivity contribution in [2.24, 2.45) is 0 Å². The Hall–Kier alpha value is -1.91. The van der Waals surface area contributed by atoms with Crippen molar-refractivity contribution in [3.63, 3.8) is 0 Å². The SMILES string of the molecule is COc1c(CCC(=O)O)ccc2c1OCCCO2. The maximum absolute atomic E-state index is 10.6. The minimum atomic E-state index is -0.829. The molecule has 0 fully saturated rings. The van der Waals surface area contributed by atoms with Crippen LogP contribution in [-0.4, -0.2) is 31.4 Å². The van der Waals surface area contributed by atoms with E-state index in [2.05, 4.69) is 0 Å². The van der Waals surface area contributed by atoms with Gasteiger partial charge in [0.05, 0.1) is 20.3 Å². The van der Waals surface area contributed by atoms with Crippen molar-refractivity contribution in [1.82, 2.24) is 0 Å². The quantitative estimate of drug-likeness (QED) is 0.886. The number of methoxy groups -OCH3 is 1. The highest BCUT2D eigenvalue weighted by molar-refractivity contribution is 5.67. The minimum Gasteiger partial charge on any atom is -0.492 e. The van der Waals surface area contributed by atoms with Crippen molar-refractivity contribution >= 4 is 5.97 Å². The average Bonchev–Trinajstić information content (AvgIpc) is 2.60. The Kier molecular flexibility index (Phi) is 3.92. The lowest BCUT2D eigenvalue weighted by atomic mass is 10.1. The number of rotatable bonds is 4. The third-order valence-electron chi connectivity index (χ3n) is 2.76. The van der Waals surface area contributed by atoms with Crippen LogP contribution in [0.2, 0.25) is 0 Å². The maximum atomic E-state index is 10.6. The molecule has 0 aliphatic carbocycles. The minimum absolute atomic E-state index is 0.0655. The highest BCUT2D eigenvalue weighted by Gasteiger charge is 2.19. The van der Waals surface area contributed by atoms with Crippen molar-refractivity contribution in [2.45, 2.75) is 19.3 Å². The van der Waals surface area contributed by atoms with Gasteiger partial charge in [-0.1, -0.05) is 6.07 Å². The standard InChI is InChI=1S/C13H16O5/c1-16-12-9(4-6-11(14)15)3-5-10-13(12)18-8-2-7-17-10/h3,5H,2,4,6-8H2,1H3,(H,14,15). The first-order chi connectivity index (χ1) is 8.72. The smallest absolute Gasteiger partial charge is 0.303 e. The molecule has 0 bridgehead atoms. The summed E-state index contributed by atoms with van der Waals surface area (Å²) in [5, 5.41) is 8.73. The zero-order valence-corrected chi connectivity index (χ0v) is 10.3. The molecular weight excluding hydrogens is 236 g/mol. The number of hydrogen-bond acceptors (Lipinski definition) is 4. The van der Waals surface area contributed by atoms with Gasteiger partial charge in [-0.3, -0.25) is 4.79 Å². The third-order valence-corrected chi connectivity index (χ3v) is 2.76. The molecule has 0 atom stereocenters. The lowest BCUT2D eigenvalue weighted by Crippen LogP contribution is -2.02. The molecule has 1 aliphatic heterocycles. The van der Waals surface area contributed by atoms with Crippen LogP contribution in [-0.2, 0) is 11.2 Å². The first-order valence-electron chi connectivity index (χ1n) is 5.89. The van der Waals surface area contributed by atoms with Gasteiger partial charge in [-0.15, -0.1) is 0 Å². The van der Waals surface area contributed by atoms with E-state index in [4.69, 9.17) is 19.3 Å². The molecule has 0 unspecified atom stereocenters. The van der Waals surface area contributed by atoms with Gasteiger partial charge in [-0.25, -0.2) is 0 Å². The molecule has 1 aliphatic rings. The van der Waals surface area contributed by atoms with Crippen LogP contribution in [0, 0.1) is 0 Å². The molecule has 1 heterocycles. The first kappa shape index (κ1) is 12.5. The Morgan fingerprint density at radius 1 is 1.39 bits per heavy atom. The lowest BCUT2D eigenvalue weighted by Gasteiger charge is -2.15. The van der Waals surface area contributed by atoms with Gasteiger partial charge >= 0.3 is 5.97 Å². The highest BCUT2D eigenvalue weighted by atomic mass is 16.5. The van der Waals surface area contributed by atoms with Gasteiger partial charge in [0.2, 0.25) is 5.75 Å². The average molecular weight is 252 g/mol. The molecule has 0 saturated heterocycles. The van der Waals surface area contributed by atoms with Crippen LogP contribution in [0.1, 0.15) is 18.4 Å². The van der Waals surface area contributed by atoms with Crippen LogP contribution < -0.4 is 14.2 Å². The summed E-state index contributed by atoms with van der Waals surface area (Å²) in [5.74, 6) is 0.987. The molecule has 1 aromatic rings. The number of benzene rings is 1. The number of carboxylic acid groups (broad SMARTS) is 1. The van der Waals surface area contributed by atoms with E-state index in [1.807, 2.05) is 6.07 Å². The van der Waals surface area contributed by atoms with E-state index in [0.29, 0.717) is 36.9 Å². The van der Waals surface area contributed by atoms with E-state index in [0.717, 1.165) is 12.0 Å². The number of fused-ring (bicyclic) bond motifs is 1. The van der Waals surface area contributed by atoms with Crippen LogP contribution in [0.25, 0.3) is 0 Å². The Balaban J connectivity index is 2.30. The number of ether oxygens (including phenoxy) is 3. The van der Waals surface area contributed by atoms with Crippen molar-refractivity contribution in [3.8, 4) is 17.2 Å². The molecule has 2 rings (SSSR count). The molecular formula is C13H16O5. The molecule has 5 heteroatoms. The Morgan fingerprint density at radius 2 is 2.17 bits per heavy atom. The van der Waals surface area contributed by atoms with Crippen molar-refractivity contribution in [2.75, 3.05) is 20.3 Å². The van der Waals surface area contributed by atoms with E-state index in [9.17, 15) is 4.79 Å². The number of hydrogen-bond donors (Lipinski definition) is 1. The number of carbonyl (C=O) groups is 1. The second kappa shape index (κ2) is 5.62. The molecule has 5 nitrogen and oxygen atoms in total. The summed E-state index contributed by atoms with van der Waals surface area (Å²) in [7, 11) is 1.55. The van der Waals surface area contributed by atoms with Crippen LogP contribution in [0.15, 0.2) is 12.1 Å². The number of aliphatic carboxylic acids is 1. The van der Waals surface area contributed by atoms with Gasteiger partial charge < -0.3 is 19.3 Å². The summed E-state index contributed by atoms with van der Waals surface area (Å²) < 4.78 is 16.5. The molecule has 0 spiro atoms. The molecule has 1 aromatic carbocycles. The van der Waals surface area contributed by atoms with Crippen molar-refractivity contribution in [3.05, 3.63) is 17.7 Å². The molecule has 0 aromatic heterocycles. The summed E-state index contributed by atoms with van der Waals surface area (Å²) in [4.78, 5) is 10.6. The van der Waals surface area contributed by atoms with Gasteiger partial charge in [-0.05, 0) is 18.1 Å². The van der Waals surface area contributed by atoms with Gasteiger partial charge in [0.15, 0.2) is 11.5 Å². The zero-order chi connectivity index (χ0) is 13.0. The normalized spacial score (nSPS) is 13.8. The lowest BCUT2D eigenvalue weighted by molar-refractivity contribution is -0.136. The summed E-state index contributed by atoms with van der Waals surface area (Å²) >= 11 is 0. The maximum Gasteiger partial charge on any atom is 0.303 e.